The number of para-hydroxylation sites is 1. The Labute approximate surface area is 151 Å². The molecule has 132 valence electrons. The van der Waals surface area contributed by atoms with Crippen molar-refractivity contribution in [3.8, 4) is 0 Å². The van der Waals surface area contributed by atoms with Crippen LogP contribution >= 0.6 is 0 Å². The highest BCUT2D eigenvalue weighted by Gasteiger charge is 2.30. The summed E-state index contributed by atoms with van der Waals surface area (Å²) in [5, 5.41) is 0. The fourth-order valence-electron chi connectivity index (χ4n) is 3.03. The Morgan fingerprint density at radius 2 is 1.69 bits per heavy atom. The second-order valence-electron chi connectivity index (χ2n) is 6.03. The number of carbonyl (C=O) groups is 3. The average molecular weight is 349 g/mol. The molecule has 5 heteroatoms. The summed E-state index contributed by atoms with van der Waals surface area (Å²) < 4.78 is 4.88. The number of Topliss-reactive ketones (excluding diaryl/α,β-unsaturated/α-hetero) is 2. The van der Waals surface area contributed by atoms with Crippen LogP contribution in [0.25, 0.3) is 6.08 Å². The Hall–Kier alpha value is -3.21. The van der Waals surface area contributed by atoms with E-state index in [1.165, 1.54) is 12.0 Å². The molecule has 0 aromatic heterocycles. The van der Waals surface area contributed by atoms with Crippen molar-refractivity contribution in [3.05, 3.63) is 71.8 Å². The predicted octanol–water partition coefficient (Wildman–Crippen LogP) is 3.89. The number of hydrogen-bond donors (Lipinski definition) is 0. The van der Waals surface area contributed by atoms with E-state index in [2.05, 4.69) is 0 Å². The fraction of sp³-hybridized carbons (Fsp3) is 0.190. The van der Waals surface area contributed by atoms with Gasteiger partial charge in [0, 0.05) is 12.0 Å². The zero-order chi connectivity index (χ0) is 18.5. The van der Waals surface area contributed by atoms with Gasteiger partial charge in [-0.15, -0.1) is 0 Å². The van der Waals surface area contributed by atoms with E-state index in [-0.39, 0.29) is 24.4 Å². The lowest BCUT2D eigenvalue weighted by Crippen LogP contribution is -2.42. The van der Waals surface area contributed by atoms with Crippen LogP contribution in [0.1, 0.15) is 28.8 Å². The zero-order valence-corrected chi connectivity index (χ0v) is 14.4. The molecule has 0 radical (unpaired) electrons. The van der Waals surface area contributed by atoms with Crippen LogP contribution in [0.5, 0.6) is 0 Å². The molecular weight excluding hydrogens is 330 g/mol. The number of benzene rings is 2. The number of amides is 1. The molecule has 0 fully saturated rings. The minimum absolute atomic E-state index is 0.0541. The van der Waals surface area contributed by atoms with Crippen LogP contribution in [-0.2, 0) is 9.53 Å². The SMILES string of the molecule is COC(=O)N1c2ccccc2C=CC1CC(=O)CC(=O)c1ccccc1. The molecule has 3 rings (SSSR count). The molecule has 26 heavy (non-hydrogen) atoms. The van der Waals surface area contributed by atoms with Crippen molar-refractivity contribution in [3.63, 3.8) is 0 Å². The van der Waals surface area contributed by atoms with Gasteiger partial charge in [-0.25, -0.2) is 4.79 Å². The average Bonchev–Trinajstić information content (AvgIpc) is 2.67. The first kappa shape index (κ1) is 17.6. The molecular formula is C21H19NO4. The van der Waals surface area contributed by atoms with Crippen LogP contribution in [0.15, 0.2) is 60.7 Å². The van der Waals surface area contributed by atoms with Gasteiger partial charge in [0.2, 0.25) is 0 Å². The summed E-state index contributed by atoms with van der Waals surface area (Å²) in [5.74, 6) is -0.442. The number of hydrogen-bond acceptors (Lipinski definition) is 4. The molecule has 0 saturated carbocycles. The van der Waals surface area contributed by atoms with E-state index < -0.39 is 12.1 Å². The summed E-state index contributed by atoms with van der Waals surface area (Å²) in [6.45, 7) is 0. The molecule has 1 aliphatic rings. The number of ether oxygens (including phenoxy) is 1. The van der Waals surface area contributed by atoms with Crippen LogP contribution < -0.4 is 4.90 Å². The van der Waals surface area contributed by atoms with Crippen LogP contribution in [0.3, 0.4) is 0 Å². The van der Waals surface area contributed by atoms with E-state index in [4.69, 9.17) is 4.74 Å². The monoisotopic (exact) mass is 349 g/mol. The number of ketones is 2. The third kappa shape index (κ3) is 3.72. The van der Waals surface area contributed by atoms with Crippen LogP contribution in [0.4, 0.5) is 10.5 Å². The molecule has 0 aliphatic carbocycles. The molecule has 2 aromatic rings. The number of anilines is 1. The highest BCUT2D eigenvalue weighted by Crippen LogP contribution is 2.30. The highest BCUT2D eigenvalue weighted by molar-refractivity contribution is 6.08. The number of fused-ring (bicyclic) bond motifs is 1. The Morgan fingerprint density at radius 1 is 1.00 bits per heavy atom. The van der Waals surface area contributed by atoms with Gasteiger partial charge in [-0.1, -0.05) is 60.7 Å². The summed E-state index contributed by atoms with van der Waals surface area (Å²) in [6, 6.07) is 15.6. The Kier molecular flexibility index (Phi) is 5.27. The molecule has 1 heterocycles. The van der Waals surface area contributed by atoms with Gasteiger partial charge in [0.1, 0.15) is 5.78 Å². The molecule has 2 aromatic carbocycles. The van der Waals surface area contributed by atoms with Crippen molar-refractivity contribution >= 4 is 29.4 Å². The first-order chi connectivity index (χ1) is 12.6. The van der Waals surface area contributed by atoms with Gasteiger partial charge >= 0.3 is 6.09 Å². The minimum Gasteiger partial charge on any atom is -0.452 e. The molecule has 1 unspecified atom stereocenters. The maximum Gasteiger partial charge on any atom is 0.414 e. The van der Waals surface area contributed by atoms with Gasteiger partial charge in [-0.05, 0) is 11.6 Å². The van der Waals surface area contributed by atoms with Gasteiger partial charge in [-0.3, -0.25) is 14.5 Å². The third-order valence-electron chi connectivity index (χ3n) is 4.29. The summed E-state index contributed by atoms with van der Waals surface area (Å²) >= 11 is 0. The molecule has 0 spiro atoms. The Bertz CT molecular complexity index is 857. The number of rotatable bonds is 5. The summed E-state index contributed by atoms with van der Waals surface area (Å²) in [4.78, 5) is 38.4. The zero-order valence-electron chi connectivity index (χ0n) is 14.4. The quantitative estimate of drug-likeness (QED) is 0.607. The van der Waals surface area contributed by atoms with E-state index in [1.54, 1.807) is 30.3 Å². The predicted molar refractivity (Wildman–Crippen MR) is 99.2 cm³/mol. The topological polar surface area (TPSA) is 63.7 Å². The van der Waals surface area contributed by atoms with Crippen molar-refractivity contribution in [2.45, 2.75) is 18.9 Å². The van der Waals surface area contributed by atoms with E-state index in [0.29, 0.717) is 11.3 Å². The normalized spacial score (nSPS) is 15.3. The largest absolute Gasteiger partial charge is 0.452 e. The van der Waals surface area contributed by atoms with Crippen molar-refractivity contribution in [1.29, 1.82) is 0 Å². The van der Waals surface area contributed by atoms with Gasteiger partial charge in [0.15, 0.2) is 5.78 Å². The second kappa shape index (κ2) is 7.78. The van der Waals surface area contributed by atoms with Crippen LogP contribution in [0.2, 0.25) is 0 Å². The lowest BCUT2D eigenvalue weighted by Gasteiger charge is -2.32. The van der Waals surface area contributed by atoms with Crippen molar-refractivity contribution in [1.82, 2.24) is 0 Å². The molecule has 1 amide bonds. The van der Waals surface area contributed by atoms with E-state index >= 15 is 0 Å². The Balaban J connectivity index is 1.75. The fourth-order valence-corrected chi connectivity index (χ4v) is 3.03. The molecule has 1 aliphatic heterocycles. The Morgan fingerprint density at radius 3 is 2.42 bits per heavy atom. The molecule has 1 atom stereocenters. The lowest BCUT2D eigenvalue weighted by atomic mass is 9.97. The molecule has 0 bridgehead atoms. The van der Waals surface area contributed by atoms with E-state index in [0.717, 1.165) is 5.56 Å². The third-order valence-corrected chi connectivity index (χ3v) is 4.29. The van der Waals surface area contributed by atoms with Crippen molar-refractivity contribution < 1.29 is 19.1 Å². The summed E-state index contributed by atoms with van der Waals surface area (Å²) in [7, 11) is 1.31. The number of carbonyl (C=O) groups excluding carboxylic acids is 3. The van der Waals surface area contributed by atoms with Gasteiger partial charge in [0.25, 0.3) is 0 Å². The van der Waals surface area contributed by atoms with E-state index in [1.807, 2.05) is 36.4 Å². The summed E-state index contributed by atoms with van der Waals surface area (Å²) in [6.07, 6.45) is 3.01. The van der Waals surface area contributed by atoms with Crippen molar-refractivity contribution in [2.75, 3.05) is 12.0 Å². The van der Waals surface area contributed by atoms with E-state index in [9.17, 15) is 14.4 Å². The standard InChI is InChI=1S/C21H19NO4/c1-26-21(25)22-17(12-11-15-7-5-6-10-19(15)22)13-18(23)14-20(24)16-8-3-2-4-9-16/h2-12,17H,13-14H2,1H3. The first-order valence-corrected chi connectivity index (χ1v) is 8.34. The van der Waals surface area contributed by atoms with Gasteiger partial charge in [-0.2, -0.15) is 0 Å². The lowest BCUT2D eigenvalue weighted by molar-refractivity contribution is -0.118. The second-order valence-corrected chi connectivity index (χ2v) is 6.03. The first-order valence-electron chi connectivity index (χ1n) is 8.34. The maximum absolute atomic E-state index is 12.4. The molecule has 0 N–H and O–H groups in total. The number of methoxy groups -OCH3 is 1. The van der Waals surface area contributed by atoms with Crippen LogP contribution in [-0.4, -0.2) is 30.8 Å². The van der Waals surface area contributed by atoms with Crippen LogP contribution in [0, 0.1) is 0 Å². The minimum atomic E-state index is -0.533. The molecule has 5 nitrogen and oxygen atoms in total. The summed E-state index contributed by atoms with van der Waals surface area (Å²) in [5.41, 5.74) is 2.08. The maximum atomic E-state index is 12.4. The number of nitrogens with zero attached hydrogens (tertiary/aromatic N) is 1. The smallest absolute Gasteiger partial charge is 0.414 e. The molecule has 0 saturated heterocycles. The van der Waals surface area contributed by atoms with Gasteiger partial charge < -0.3 is 4.74 Å². The van der Waals surface area contributed by atoms with Crippen molar-refractivity contribution in [2.24, 2.45) is 0 Å². The van der Waals surface area contributed by atoms with Gasteiger partial charge in [0.05, 0.1) is 25.3 Å². The highest BCUT2D eigenvalue weighted by atomic mass is 16.5.